The van der Waals surface area contributed by atoms with Gasteiger partial charge in [0, 0.05) is 30.2 Å². The predicted molar refractivity (Wildman–Crippen MR) is 97.7 cm³/mol. The molecule has 1 saturated carbocycles. The molecule has 0 spiro atoms. The van der Waals surface area contributed by atoms with Crippen molar-refractivity contribution in [2.45, 2.75) is 44.5 Å². The molecule has 1 aliphatic heterocycles. The third kappa shape index (κ3) is 2.84. The molecule has 138 valence electrons. The number of allylic oxidation sites excluding steroid dienone is 2. The Morgan fingerprint density at radius 1 is 1.38 bits per heavy atom. The Labute approximate surface area is 154 Å². The molecule has 1 aromatic carbocycles. The van der Waals surface area contributed by atoms with Crippen molar-refractivity contribution in [3.8, 4) is 11.8 Å². The van der Waals surface area contributed by atoms with Crippen molar-refractivity contribution in [3.05, 3.63) is 47.6 Å². The van der Waals surface area contributed by atoms with E-state index in [9.17, 15) is 5.11 Å². The van der Waals surface area contributed by atoms with Crippen molar-refractivity contribution in [2.75, 3.05) is 7.11 Å². The first-order valence-corrected chi connectivity index (χ1v) is 8.84. The highest BCUT2D eigenvalue weighted by molar-refractivity contribution is 5.59. The second kappa shape index (κ2) is 6.88. The molecule has 1 saturated heterocycles. The van der Waals surface area contributed by atoms with E-state index in [2.05, 4.69) is 13.5 Å². The molecule has 1 aliphatic carbocycles. The highest BCUT2D eigenvalue weighted by Gasteiger charge is 2.67. The zero-order chi connectivity index (χ0) is 18.9. The smallest absolute Gasteiger partial charge is 0.260 e. The summed E-state index contributed by atoms with van der Waals surface area (Å²) in [6, 6.07) is 7.11. The molecule has 5 nitrogen and oxygen atoms in total. The molecule has 2 aliphatic rings. The molecule has 0 radical (unpaired) electrons. The average molecular weight is 355 g/mol. The minimum Gasteiger partial charge on any atom is -0.507 e. The summed E-state index contributed by atoms with van der Waals surface area (Å²) in [7, 11) is 1.59. The largest absolute Gasteiger partial charge is 0.507 e. The van der Waals surface area contributed by atoms with Crippen LogP contribution in [0.15, 0.2) is 36.4 Å². The van der Waals surface area contributed by atoms with Gasteiger partial charge in [-0.15, -0.1) is 0 Å². The van der Waals surface area contributed by atoms with E-state index < -0.39 is 11.4 Å². The van der Waals surface area contributed by atoms with E-state index >= 15 is 0 Å². The van der Waals surface area contributed by atoms with E-state index in [0.717, 1.165) is 19.3 Å². The molecule has 5 heteroatoms. The Hall–Kier alpha value is -2.13. The van der Waals surface area contributed by atoms with Crippen LogP contribution in [0.1, 0.15) is 44.2 Å². The predicted octanol–water partition coefficient (Wildman–Crippen LogP) is 4.44. The van der Waals surface area contributed by atoms with Crippen LogP contribution in [0.3, 0.4) is 0 Å². The van der Waals surface area contributed by atoms with Crippen molar-refractivity contribution < 1.29 is 19.6 Å². The molecular weight excluding hydrogens is 330 g/mol. The second-order valence-corrected chi connectivity index (χ2v) is 7.53. The second-order valence-electron chi connectivity index (χ2n) is 7.53. The van der Waals surface area contributed by atoms with Crippen LogP contribution in [0.4, 0.5) is 0 Å². The number of ether oxygens (including phenoxy) is 1. The molecule has 1 N–H and O–H groups in total. The number of aromatic hydroxyl groups is 1. The van der Waals surface area contributed by atoms with E-state index in [1.54, 1.807) is 25.3 Å². The molecule has 2 fully saturated rings. The summed E-state index contributed by atoms with van der Waals surface area (Å²) in [4.78, 5) is 11.2. The van der Waals surface area contributed by atoms with Crippen LogP contribution >= 0.6 is 0 Å². The summed E-state index contributed by atoms with van der Waals surface area (Å²) in [6.07, 6.45) is 5.78. The Morgan fingerprint density at radius 2 is 2.15 bits per heavy atom. The lowest BCUT2D eigenvalue weighted by molar-refractivity contribution is -0.624. The minimum absolute atomic E-state index is 0.0599. The van der Waals surface area contributed by atoms with Gasteiger partial charge < -0.3 is 9.84 Å². The Morgan fingerprint density at radius 3 is 2.69 bits per heavy atom. The van der Waals surface area contributed by atoms with Gasteiger partial charge in [-0.1, -0.05) is 31.2 Å². The van der Waals surface area contributed by atoms with Crippen LogP contribution in [-0.4, -0.2) is 17.8 Å². The van der Waals surface area contributed by atoms with Crippen molar-refractivity contribution in [1.29, 1.82) is 5.26 Å². The quantitative estimate of drug-likeness (QED) is 0.491. The Bertz CT molecular complexity index is 777. The molecule has 0 aromatic heterocycles. The maximum absolute atomic E-state index is 10.3. The number of nitriles is 1. The number of methoxy groups -OCH3 is 1. The highest BCUT2D eigenvalue weighted by atomic mass is 17.3. The van der Waals surface area contributed by atoms with Crippen LogP contribution in [0.2, 0.25) is 0 Å². The third-order valence-corrected chi connectivity index (χ3v) is 5.66. The molecule has 26 heavy (non-hydrogen) atoms. The standard InChI is InChI=1S/C21H25NO4/c1-14-10-15(2)12-18(11-14)20(3)21(24-4,26-25-20)17-8-7-16(6-5-9-22)19(23)13-17/h5-8,13,15,18,23H,1,10-12H2,2-4H3/b6-5+. The summed E-state index contributed by atoms with van der Waals surface area (Å²) in [5.41, 5.74) is 1.78. The first kappa shape index (κ1) is 18.7. The fourth-order valence-electron chi connectivity index (χ4n) is 4.29. The normalized spacial score (nSPS) is 34.5. The number of phenols is 1. The van der Waals surface area contributed by atoms with Crippen molar-refractivity contribution >= 4 is 6.08 Å². The summed E-state index contributed by atoms with van der Waals surface area (Å²) in [6.45, 7) is 8.39. The summed E-state index contributed by atoms with van der Waals surface area (Å²) in [5, 5.41) is 19.0. The van der Waals surface area contributed by atoms with Gasteiger partial charge >= 0.3 is 0 Å². The average Bonchev–Trinajstić information content (AvgIpc) is 2.59. The minimum atomic E-state index is -1.09. The maximum atomic E-state index is 10.3. The lowest BCUT2D eigenvalue weighted by Crippen LogP contribution is -2.67. The molecule has 3 rings (SSSR count). The van der Waals surface area contributed by atoms with E-state index in [0.29, 0.717) is 17.0 Å². The maximum Gasteiger partial charge on any atom is 0.260 e. The van der Waals surface area contributed by atoms with Gasteiger partial charge in [0.25, 0.3) is 5.79 Å². The van der Waals surface area contributed by atoms with Crippen molar-refractivity contribution in [1.82, 2.24) is 0 Å². The fourth-order valence-corrected chi connectivity index (χ4v) is 4.29. The lowest BCUT2D eigenvalue weighted by atomic mass is 9.67. The Balaban J connectivity index is 1.96. The summed E-state index contributed by atoms with van der Waals surface area (Å²) in [5.74, 6) is -0.301. The summed E-state index contributed by atoms with van der Waals surface area (Å²) >= 11 is 0. The number of hydrogen-bond donors (Lipinski definition) is 1. The van der Waals surface area contributed by atoms with Gasteiger partial charge in [0.1, 0.15) is 5.75 Å². The first-order chi connectivity index (χ1) is 12.4. The molecule has 0 bridgehead atoms. The van der Waals surface area contributed by atoms with Gasteiger partial charge in [-0.25, -0.2) is 4.89 Å². The molecule has 1 heterocycles. The van der Waals surface area contributed by atoms with Gasteiger partial charge in [0.2, 0.25) is 0 Å². The van der Waals surface area contributed by atoms with E-state index in [-0.39, 0.29) is 11.7 Å². The lowest BCUT2D eigenvalue weighted by Gasteiger charge is -2.57. The van der Waals surface area contributed by atoms with E-state index in [1.807, 2.05) is 19.1 Å². The molecule has 1 aromatic rings. The third-order valence-electron chi connectivity index (χ3n) is 5.66. The van der Waals surface area contributed by atoms with Crippen LogP contribution in [0.5, 0.6) is 5.75 Å². The number of hydrogen-bond acceptors (Lipinski definition) is 5. The number of nitrogens with zero attached hydrogens (tertiary/aromatic N) is 1. The number of benzene rings is 1. The van der Waals surface area contributed by atoms with Crippen molar-refractivity contribution in [2.24, 2.45) is 11.8 Å². The van der Waals surface area contributed by atoms with E-state index in [4.69, 9.17) is 19.8 Å². The zero-order valence-corrected chi connectivity index (χ0v) is 15.5. The number of phenolic OH excluding ortho intramolecular Hbond substituents is 1. The molecule has 4 atom stereocenters. The highest BCUT2D eigenvalue weighted by Crippen LogP contribution is 2.57. The first-order valence-electron chi connectivity index (χ1n) is 8.84. The summed E-state index contributed by atoms with van der Waals surface area (Å²) < 4.78 is 5.82. The molecule has 0 amide bonds. The number of rotatable bonds is 4. The SMILES string of the molecule is C=C1CC(C)CC(C2(C)OOC2(OC)c2ccc(/C=C/C#N)c(O)c2)C1. The zero-order valence-electron chi connectivity index (χ0n) is 15.5. The van der Waals surface area contributed by atoms with Gasteiger partial charge in [0.15, 0.2) is 5.60 Å². The van der Waals surface area contributed by atoms with Gasteiger partial charge in [-0.3, -0.25) is 0 Å². The van der Waals surface area contributed by atoms with Crippen LogP contribution < -0.4 is 0 Å². The fraction of sp³-hybridized carbons (Fsp3) is 0.476. The van der Waals surface area contributed by atoms with Gasteiger partial charge in [-0.05, 0) is 44.2 Å². The van der Waals surface area contributed by atoms with E-state index in [1.165, 1.54) is 11.6 Å². The van der Waals surface area contributed by atoms with Crippen molar-refractivity contribution in [3.63, 3.8) is 0 Å². The van der Waals surface area contributed by atoms with Crippen LogP contribution in [-0.2, 0) is 20.3 Å². The molecule has 4 unspecified atom stereocenters. The Kier molecular flexibility index (Phi) is 4.94. The molecular formula is C21H25NO4. The van der Waals surface area contributed by atoms with Crippen LogP contribution in [0.25, 0.3) is 6.08 Å². The monoisotopic (exact) mass is 355 g/mol. The van der Waals surface area contributed by atoms with Gasteiger partial charge in [-0.2, -0.15) is 10.1 Å². The van der Waals surface area contributed by atoms with Crippen LogP contribution in [0, 0.1) is 23.2 Å². The van der Waals surface area contributed by atoms with Gasteiger partial charge in [0.05, 0.1) is 6.07 Å². The topological polar surface area (TPSA) is 71.7 Å².